The number of ether oxygens (including phenoxy) is 1. The predicted octanol–water partition coefficient (Wildman–Crippen LogP) is 3.46. The number of likely N-dealkylation sites (tertiary alicyclic amines) is 1. The Bertz CT molecular complexity index is 535. The van der Waals surface area contributed by atoms with E-state index in [0.717, 1.165) is 5.56 Å². The van der Waals surface area contributed by atoms with Gasteiger partial charge in [0.05, 0.1) is 12.0 Å². The van der Waals surface area contributed by atoms with Gasteiger partial charge in [-0.15, -0.1) is 0 Å². The summed E-state index contributed by atoms with van der Waals surface area (Å²) in [4.78, 5) is 25.6. The molecule has 1 aromatic rings. The molecule has 0 saturated carbocycles. The molecule has 0 unspecified atom stereocenters. The van der Waals surface area contributed by atoms with E-state index in [9.17, 15) is 14.7 Å². The van der Waals surface area contributed by atoms with Crippen LogP contribution in [-0.2, 0) is 9.53 Å². The lowest BCUT2D eigenvalue weighted by Gasteiger charge is -2.40. The van der Waals surface area contributed by atoms with Crippen molar-refractivity contribution in [1.82, 2.24) is 4.90 Å². The quantitative estimate of drug-likeness (QED) is 0.908. The molecular weight excluding hydrogens is 282 g/mol. The van der Waals surface area contributed by atoms with Crippen LogP contribution in [0.4, 0.5) is 4.79 Å². The van der Waals surface area contributed by atoms with Crippen LogP contribution in [0.15, 0.2) is 30.3 Å². The fourth-order valence-electron chi connectivity index (χ4n) is 2.84. The second-order valence-electron chi connectivity index (χ2n) is 6.62. The Hall–Kier alpha value is -2.04. The van der Waals surface area contributed by atoms with Crippen molar-refractivity contribution >= 4 is 12.1 Å². The highest BCUT2D eigenvalue weighted by molar-refractivity contribution is 5.75. The molecular formula is C17H23NO4. The molecule has 1 amide bonds. The van der Waals surface area contributed by atoms with Gasteiger partial charge in [-0.1, -0.05) is 30.3 Å². The number of hydrogen-bond acceptors (Lipinski definition) is 3. The lowest BCUT2D eigenvalue weighted by molar-refractivity contribution is -0.145. The Morgan fingerprint density at radius 3 is 2.41 bits per heavy atom. The first-order chi connectivity index (χ1) is 10.3. The first-order valence-corrected chi connectivity index (χ1v) is 7.57. The molecule has 0 radical (unpaired) electrons. The number of nitrogens with zero attached hydrogens (tertiary/aromatic N) is 1. The molecule has 1 saturated heterocycles. The zero-order valence-electron chi connectivity index (χ0n) is 13.3. The van der Waals surface area contributed by atoms with Crippen LogP contribution in [-0.4, -0.2) is 34.2 Å². The molecule has 0 spiro atoms. The maximum atomic E-state index is 12.5. The van der Waals surface area contributed by atoms with E-state index in [1.807, 2.05) is 30.3 Å². The summed E-state index contributed by atoms with van der Waals surface area (Å²) in [6.45, 7) is 5.93. The molecule has 1 N–H and O–H groups in total. The molecule has 1 aliphatic heterocycles. The SMILES string of the molecule is CC(C)(C)OC(=O)N1CCC[C@H](C(=O)O)[C@@H]1c1ccccc1. The molecule has 5 heteroatoms. The van der Waals surface area contributed by atoms with Gasteiger partial charge in [0, 0.05) is 6.54 Å². The van der Waals surface area contributed by atoms with Crippen molar-refractivity contribution in [3.8, 4) is 0 Å². The van der Waals surface area contributed by atoms with Crippen LogP contribution >= 0.6 is 0 Å². The maximum Gasteiger partial charge on any atom is 0.410 e. The van der Waals surface area contributed by atoms with Crippen molar-refractivity contribution in [2.75, 3.05) is 6.54 Å². The topological polar surface area (TPSA) is 66.8 Å². The molecule has 1 aliphatic rings. The zero-order valence-corrected chi connectivity index (χ0v) is 13.3. The van der Waals surface area contributed by atoms with Crippen LogP contribution in [0.2, 0.25) is 0 Å². The molecule has 0 aliphatic carbocycles. The standard InChI is InChI=1S/C17H23NO4/c1-17(2,3)22-16(21)18-11-7-10-13(15(19)20)14(18)12-8-5-4-6-9-12/h4-6,8-9,13-14H,7,10-11H2,1-3H3,(H,19,20)/t13-,14-/m0/s1. The summed E-state index contributed by atoms with van der Waals surface area (Å²) in [7, 11) is 0. The number of benzene rings is 1. The Kier molecular flexibility index (Phi) is 4.74. The highest BCUT2D eigenvalue weighted by Crippen LogP contribution is 2.37. The van der Waals surface area contributed by atoms with Crippen molar-refractivity contribution < 1.29 is 19.4 Å². The highest BCUT2D eigenvalue weighted by Gasteiger charge is 2.40. The molecule has 2 rings (SSSR count). The van der Waals surface area contributed by atoms with Gasteiger partial charge < -0.3 is 14.7 Å². The maximum absolute atomic E-state index is 12.5. The highest BCUT2D eigenvalue weighted by atomic mass is 16.6. The zero-order chi connectivity index (χ0) is 16.3. The Labute approximate surface area is 130 Å². The minimum atomic E-state index is -0.873. The van der Waals surface area contributed by atoms with Crippen LogP contribution in [0.5, 0.6) is 0 Å². The molecule has 120 valence electrons. The number of hydrogen-bond donors (Lipinski definition) is 1. The number of rotatable bonds is 2. The normalized spacial score (nSPS) is 22.2. The molecule has 1 fully saturated rings. The number of carboxylic acid groups (broad SMARTS) is 1. The van der Waals surface area contributed by atoms with Gasteiger partial charge in [0.2, 0.25) is 0 Å². The van der Waals surface area contributed by atoms with Crippen LogP contribution in [0, 0.1) is 5.92 Å². The van der Waals surface area contributed by atoms with Gasteiger partial charge in [-0.25, -0.2) is 4.79 Å². The van der Waals surface area contributed by atoms with E-state index in [1.165, 1.54) is 0 Å². The van der Waals surface area contributed by atoms with Crippen molar-refractivity contribution in [2.45, 2.75) is 45.3 Å². The third kappa shape index (κ3) is 3.78. The Morgan fingerprint density at radius 2 is 1.86 bits per heavy atom. The van der Waals surface area contributed by atoms with Crippen LogP contribution in [0.25, 0.3) is 0 Å². The van der Waals surface area contributed by atoms with E-state index in [1.54, 1.807) is 25.7 Å². The second-order valence-corrected chi connectivity index (χ2v) is 6.62. The van der Waals surface area contributed by atoms with Crippen LogP contribution in [0.1, 0.15) is 45.2 Å². The summed E-state index contributed by atoms with van der Waals surface area (Å²) in [6.07, 6.45) is 0.778. The predicted molar refractivity (Wildman–Crippen MR) is 82.5 cm³/mol. The Morgan fingerprint density at radius 1 is 1.23 bits per heavy atom. The van der Waals surface area contributed by atoms with E-state index < -0.39 is 29.6 Å². The number of amides is 1. The summed E-state index contributed by atoms with van der Waals surface area (Å²) in [5, 5.41) is 9.52. The molecule has 5 nitrogen and oxygen atoms in total. The summed E-state index contributed by atoms with van der Waals surface area (Å²) < 4.78 is 5.45. The van der Waals surface area contributed by atoms with E-state index in [2.05, 4.69) is 0 Å². The van der Waals surface area contributed by atoms with Crippen molar-refractivity contribution in [1.29, 1.82) is 0 Å². The van der Waals surface area contributed by atoms with Crippen molar-refractivity contribution in [3.05, 3.63) is 35.9 Å². The largest absolute Gasteiger partial charge is 0.481 e. The molecule has 0 bridgehead atoms. The molecule has 1 heterocycles. The van der Waals surface area contributed by atoms with Gasteiger partial charge in [0.15, 0.2) is 0 Å². The smallest absolute Gasteiger partial charge is 0.410 e. The second kappa shape index (κ2) is 6.38. The molecule has 1 aromatic carbocycles. The summed E-state index contributed by atoms with van der Waals surface area (Å²) in [6, 6.07) is 8.83. The monoisotopic (exact) mass is 305 g/mol. The lowest BCUT2D eigenvalue weighted by atomic mass is 9.85. The summed E-state index contributed by atoms with van der Waals surface area (Å²) in [5.41, 5.74) is 0.231. The number of carboxylic acids is 1. The van der Waals surface area contributed by atoms with Crippen molar-refractivity contribution in [2.24, 2.45) is 5.92 Å². The number of piperidine rings is 1. The fraction of sp³-hybridized carbons (Fsp3) is 0.529. The average molecular weight is 305 g/mol. The molecule has 2 atom stereocenters. The van der Waals surface area contributed by atoms with Gasteiger partial charge in [-0.05, 0) is 39.2 Å². The van der Waals surface area contributed by atoms with Crippen LogP contribution < -0.4 is 0 Å². The number of carbonyl (C=O) groups is 2. The van der Waals surface area contributed by atoms with E-state index in [-0.39, 0.29) is 0 Å². The molecule has 0 aromatic heterocycles. The lowest BCUT2D eigenvalue weighted by Crippen LogP contribution is -2.47. The fourth-order valence-corrected chi connectivity index (χ4v) is 2.84. The number of carbonyl (C=O) groups excluding carboxylic acids is 1. The minimum Gasteiger partial charge on any atom is -0.481 e. The minimum absolute atomic E-state index is 0.452. The van der Waals surface area contributed by atoms with Crippen molar-refractivity contribution in [3.63, 3.8) is 0 Å². The first-order valence-electron chi connectivity index (χ1n) is 7.57. The van der Waals surface area contributed by atoms with Gasteiger partial charge in [0.1, 0.15) is 5.60 Å². The van der Waals surface area contributed by atoms with Gasteiger partial charge in [-0.2, -0.15) is 0 Å². The van der Waals surface area contributed by atoms with E-state index in [4.69, 9.17) is 4.74 Å². The average Bonchev–Trinajstić information content (AvgIpc) is 2.45. The first kappa shape index (κ1) is 16.3. The van der Waals surface area contributed by atoms with Gasteiger partial charge in [0.25, 0.3) is 0 Å². The Balaban J connectivity index is 2.33. The third-order valence-corrected chi connectivity index (χ3v) is 3.72. The van der Waals surface area contributed by atoms with E-state index in [0.29, 0.717) is 19.4 Å². The summed E-state index contributed by atoms with van der Waals surface area (Å²) in [5.74, 6) is -1.48. The van der Waals surface area contributed by atoms with Gasteiger partial charge >= 0.3 is 12.1 Å². The van der Waals surface area contributed by atoms with Gasteiger partial charge in [-0.3, -0.25) is 4.79 Å². The third-order valence-electron chi connectivity index (χ3n) is 3.72. The molecule has 22 heavy (non-hydrogen) atoms. The van der Waals surface area contributed by atoms with Crippen LogP contribution in [0.3, 0.4) is 0 Å². The summed E-state index contributed by atoms with van der Waals surface area (Å²) >= 11 is 0. The number of aliphatic carboxylic acids is 1. The van der Waals surface area contributed by atoms with E-state index >= 15 is 0 Å².